The largest absolute Gasteiger partial charge is 0.460 e. The van der Waals surface area contributed by atoms with Crippen molar-refractivity contribution < 1.29 is 9.53 Å². The lowest BCUT2D eigenvalue weighted by Crippen LogP contribution is -2.34. The summed E-state index contributed by atoms with van der Waals surface area (Å²) in [5.74, 6) is 0.600. The van der Waals surface area contributed by atoms with E-state index < -0.39 is 0 Å². The molecule has 2 rings (SSSR count). The van der Waals surface area contributed by atoms with Gasteiger partial charge in [0.05, 0.1) is 5.92 Å². The van der Waals surface area contributed by atoms with Crippen LogP contribution in [0.5, 0.6) is 0 Å². The zero-order valence-electron chi connectivity index (χ0n) is 10.6. The molecule has 1 saturated carbocycles. The van der Waals surface area contributed by atoms with Gasteiger partial charge in [0.25, 0.3) is 0 Å². The highest BCUT2D eigenvalue weighted by molar-refractivity contribution is 5.74. The smallest absolute Gasteiger partial charge is 0.311 e. The minimum atomic E-state index is -0.357. The Morgan fingerprint density at radius 2 is 1.94 bits per heavy atom. The number of ether oxygens (including phenoxy) is 1. The third-order valence-corrected chi connectivity index (χ3v) is 3.65. The van der Waals surface area contributed by atoms with Crippen LogP contribution in [-0.2, 0) is 9.53 Å². The lowest BCUT2D eigenvalue weighted by Gasteiger charge is -2.29. The number of esters is 1. The van der Waals surface area contributed by atoms with Crippen molar-refractivity contribution in [2.24, 2.45) is 11.8 Å². The van der Waals surface area contributed by atoms with Crippen molar-refractivity contribution in [1.82, 2.24) is 5.32 Å². The van der Waals surface area contributed by atoms with Crippen LogP contribution in [0.3, 0.4) is 0 Å². The molecule has 0 bridgehead atoms. The molecule has 0 aromatic rings. The number of rotatable bonds is 1. The molecule has 0 aromatic carbocycles. The highest BCUT2D eigenvalue weighted by Gasteiger charge is 2.42. The Kier molecular flexibility index (Phi) is 3.24. The third kappa shape index (κ3) is 2.57. The molecule has 2 aliphatic rings. The van der Waals surface area contributed by atoms with E-state index in [1.54, 1.807) is 0 Å². The highest BCUT2D eigenvalue weighted by Crippen LogP contribution is 2.35. The molecule has 0 radical (unpaired) electrons. The van der Waals surface area contributed by atoms with Crippen LogP contribution in [0.25, 0.3) is 0 Å². The van der Waals surface area contributed by atoms with Crippen LogP contribution in [0.1, 0.15) is 46.5 Å². The van der Waals surface area contributed by atoms with Gasteiger partial charge < -0.3 is 10.1 Å². The minimum absolute atomic E-state index is 0.00519. The lowest BCUT2D eigenvalue weighted by atomic mass is 9.80. The van der Waals surface area contributed by atoms with Crippen LogP contribution in [0, 0.1) is 11.8 Å². The van der Waals surface area contributed by atoms with Crippen molar-refractivity contribution in [3.05, 3.63) is 0 Å². The van der Waals surface area contributed by atoms with E-state index in [1.807, 2.05) is 20.8 Å². The maximum absolute atomic E-state index is 12.1. The average molecular weight is 225 g/mol. The van der Waals surface area contributed by atoms with Gasteiger partial charge in [-0.3, -0.25) is 4.79 Å². The summed E-state index contributed by atoms with van der Waals surface area (Å²) < 4.78 is 5.49. The summed E-state index contributed by atoms with van der Waals surface area (Å²) in [6.07, 6.45) is 4.98. The molecule has 1 aliphatic carbocycles. The first kappa shape index (κ1) is 11.9. The fraction of sp³-hybridized carbons (Fsp3) is 0.923. The predicted molar refractivity (Wildman–Crippen MR) is 63.1 cm³/mol. The Morgan fingerprint density at radius 3 is 2.62 bits per heavy atom. The molecule has 16 heavy (non-hydrogen) atoms. The van der Waals surface area contributed by atoms with Crippen molar-refractivity contribution in [1.29, 1.82) is 0 Å². The molecular formula is C13H23NO2. The summed E-state index contributed by atoms with van der Waals surface area (Å²) in [5.41, 5.74) is -0.357. The van der Waals surface area contributed by atoms with E-state index in [0.29, 0.717) is 12.0 Å². The highest BCUT2D eigenvalue weighted by atomic mass is 16.6. The van der Waals surface area contributed by atoms with Gasteiger partial charge in [0.15, 0.2) is 0 Å². The van der Waals surface area contributed by atoms with E-state index in [1.165, 1.54) is 25.7 Å². The van der Waals surface area contributed by atoms with E-state index in [2.05, 4.69) is 5.32 Å². The van der Waals surface area contributed by atoms with Gasteiger partial charge in [0, 0.05) is 12.6 Å². The van der Waals surface area contributed by atoms with E-state index >= 15 is 0 Å². The number of fused-ring (bicyclic) bond motifs is 1. The molecule has 0 amide bonds. The molecule has 92 valence electrons. The van der Waals surface area contributed by atoms with E-state index in [0.717, 1.165) is 6.54 Å². The third-order valence-electron chi connectivity index (χ3n) is 3.65. The molecule has 1 aliphatic heterocycles. The van der Waals surface area contributed by atoms with Crippen molar-refractivity contribution in [2.75, 3.05) is 6.54 Å². The normalized spacial score (nSPS) is 34.6. The van der Waals surface area contributed by atoms with Gasteiger partial charge in [-0.25, -0.2) is 0 Å². The van der Waals surface area contributed by atoms with Gasteiger partial charge in [0.2, 0.25) is 0 Å². The van der Waals surface area contributed by atoms with Crippen LogP contribution in [0.15, 0.2) is 0 Å². The zero-order valence-corrected chi connectivity index (χ0v) is 10.6. The fourth-order valence-electron chi connectivity index (χ4n) is 2.96. The van der Waals surface area contributed by atoms with Crippen molar-refractivity contribution in [2.45, 2.75) is 58.1 Å². The Labute approximate surface area is 97.9 Å². The van der Waals surface area contributed by atoms with Crippen molar-refractivity contribution in [3.63, 3.8) is 0 Å². The lowest BCUT2D eigenvalue weighted by molar-refractivity contribution is -0.161. The summed E-state index contributed by atoms with van der Waals surface area (Å²) in [5, 5.41) is 3.47. The first-order chi connectivity index (χ1) is 7.47. The first-order valence-corrected chi connectivity index (χ1v) is 6.43. The van der Waals surface area contributed by atoms with Gasteiger partial charge >= 0.3 is 5.97 Å². The van der Waals surface area contributed by atoms with Crippen molar-refractivity contribution >= 4 is 5.97 Å². The van der Waals surface area contributed by atoms with Crippen LogP contribution in [0.4, 0.5) is 0 Å². The molecule has 1 N–H and O–H groups in total. The molecular weight excluding hydrogens is 202 g/mol. The summed E-state index contributed by atoms with van der Waals surface area (Å²) in [6.45, 7) is 6.62. The number of nitrogens with one attached hydrogen (secondary N) is 1. The molecule has 2 fully saturated rings. The maximum Gasteiger partial charge on any atom is 0.311 e. The number of hydrogen-bond acceptors (Lipinski definition) is 3. The number of carbonyl (C=O) groups is 1. The van der Waals surface area contributed by atoms with Crippen LogP contribution >= 0.6 is 0 Å². The Hall–Kier alpha value is -0.570. The standard InChI is InChI=1S/C13H23NO2/c1-13(2,3)16-12(15)10-8-14-11-7-5-4-6-9(10)11/h9-11,14H,4-8H2,1-3H3. The molecule has 1 saturated heterocycles. The Bertz CT molecular complexity index is 270. The van der Waals surface area contributed by atoms with Gasteiger partial charge in [-0.15, -0.1) is 0 Å². The second kappa shape index (κ2) is 4.36. The van der Waals surface area contributed by atoms with E-state index in [9.17, 15) is 4.79 Å². The minimum Gasteiger partial charge on any atom is -0.460 e. The number of hydrogen-bond donors (Lipinski definition) is 1. The second-order valence-corrected chi connectivity index (χ2v) is 6.10. The summed E-state index contributed by atoms with van der Waals surface area (Å²) in [4.78, 5) is 12.1. The van der Waals surface area contributed by atoms with E-state index in [-0.39, 0.29) is 17.5 Å². The maximum atomic E-state index is 12.1. The van der Waals surface area contributed by atoms with Gasteiger partial charge in [-0.05, 0) is 39.5 Å². The Morgan fingerprint density at radius 1 is 1.25 bits per heavy atom. The second-order valence-electron chi connectivity index (χ2n) is 6.10. The average Bonchev–Trinajstić information content (AvgIpc) is 2.58. The zero-order chi connectivity index (χ0) is 11.8. The monoisotopic (exact) mass is 225 g/mol. The van der Waals surface area contributed by atoms with Crippen LogP contribution in [0.2, 0.25) is 0 Å². The molecule has 0 aromatic heterocycles. The summed E-state index contributed by atoms with van der Waals surface area (Å²) >= 11 is 0. The molecule has 3 atom stereocenters. The molecule has 3 unspecified atom stereocenters. The van der Waals surface area contributed by atoms with Crippen LogP contribution < -0.4 is 5.32 Å². The predicted octanol–water partition coefficient (Wildman–Crippen LogP) is 2.11. The summed E-state index contributed by atoms with van der Waals surface area (Å²) in [6, 6.07) is 0.561. The van der Waals surface area contributed by atoms with Gasteiger partial charge in [0.1, 0.15) is 5.60 Å². The summed E-state index contributed by atoms with van der Waals surface area (Å²) in [7, 11) is 0. The van der Waals surface area contributed by atoms with E-state index in [4.69, 9.17) is 4.74 Å². The SMILES string of the molecule is CC(C)(C)OC(=O)C1CNC2CCCCC21. The van der Waals surface area contributed by atoms with Crippen LogP contribution in [-0.4, -0.2) is 24.2 Å². The molecule has 3 nitrogen and oxygen atoms in total. The Balaban J connectivity index is 1.97. The quantitative estimate of drug-likeness (QED) is 0.695. The topological polar surface area (TPSA) is 38.3 Å². The fourth-order valence-corrected chi connectivity index (χ4v) is 2.96. The molecule has 0 spiro atoms. The molecule has 1 heterocycles. The molecule has 3 heteroatoms. The number of carbonyl (C=O) groups excluding carboxylic acids is 1. The van der Waals surface area contributed by atoms with Gasteiger partial charge in [-0.2, -0.15) is 0 Å². The first-order valence-electron chi connectivity index (χ1n) is 6.43. The van der Waals surface area contributed by atoms with Gasteiger partial charge in [-0.1, -0.05) is 12.8 Å². The van der Waals surface area contributed by atoms with Crippen molar-refractivity contribution in [3.8, 4) is 0 Å².